The molecule has 1 unspecified atom stereocenters. The number of rotatable bonds is 5. The number of aromatic nitrogens is 1. The van der Waals surface area contributed by atoms with E-state index in [-0.39, 0.29) is 22.7 Å². The molecule has 16 heavy (non-hydrogen) atoms. The summed E-state index contributed by atoms with van der Waals surface area (Å²) in [6.07, 6.45) is 0. The Morgan fingerprint density at radius 1 is 1.50 bits per heavy atom. The fraction of sp³-hybridized carbons (Fsp3) is 0.500. The summed E-state index contributed by atoms with van der Waals surface area (Å²) < 4.78 is 26.5. The van der Waals surface area contributed by atoms with Crippen LogP contribution in [-0.2, 0) is 0 Å². The molecule has 2 N–H and O–H groups in total. The van der Waals surface area contributed by atoms with Crippen molar-refractivity contribution in [3.8, 4) is 0 Å². The summed E-state index contributed by atoms with van der Waals surface area (Å²) in [6, 6.07) is 0.803. The minimum Gasteiger partial charge on any atom is -0.395 e. The van der Waals surface area contributed by atoms with E-state index >= 15 is 0 Å². The van der Waals surface area contributed by atoms with E-state index in [1.807, 2.05) is 0 Å². The Bertz CT molecular complexity index is 363. The quantitative estimate of drug-likeness (QED) is 0.785. The fourth-order valence-corrected chi connectivity index (χ4v) is 1.82. The molecule has 0 aliphatic heterocycles. The van der Waals surface area contributed by atoms with Crippen molar-refractivity contribution < 1.29 is 13.9 Å². The summed E-state index contributed by atoms with van der Waals surface area (Å²) in [5.41, 5.74) is 0. The lowest BCUT2D eigenvalue weighted by Gasteiger charge is -2.10. The van der Waals surface area contributed by atoms with Crippen LogP contribution in [0.25, 0.3) is 0 Å². The molecular formula is C10H14F2N2OS. The number of hydrogen-bond acceptors (Lipinski definition) is 4. The van der Waals surface area contributed by atoms with Crippen molar-refractivity contribution >= 4 is 17.6 Å². The first kappa shape index (κ1) is 13.2. The molecule has 0 amide bonds. The highest BCUT2D eigenvalue weighted by atomic mass is 32.2. The Morgan fingerprint density at radius 2 is 2.19 bits per heavy atom. The van der Waals surface area contributed by atoms with Crippen LogP contribution in [0.2, 0.25) is 0 Å². The zero-order valence-electron chi connectivity index (χ0n) is 9.13. The Kier molecular flexibility index (Phi) is 4.95. The molecule has 1 aromatic heterocycles. The Morgan fingerprint density at radius 3 is 2.75 bits per heavy atom. The average Bonchev–Trinajstić information content (AvgIpc) is 2.25. The third-order valence-electron chi connectivity index (χ3n) is 1.81. The van der Waals surface area contributed by atoms with Crippen LogP contribution in [-0.4, -0.2) is 28.5 Å². The lowest BCUT2D eigenvalue weighted by Crippen LogP contribution is -2.07. The molecule has 90 valence electrons. The Balaban J connectivity index is 2.95. The van der Waals surface area contributed by atoms with Crippen LogP contribution in [0, 0.1) is 11.6 Å². The number of thioether (sulfide) groups is 1. The van der Waals surface area contributed by atoms with Gasteiger partial charge in [-0.3, -0.25) is 0 Å². The topological polar surface area (TPSA) is 45.2 Å². The number of anilines is 1. The maximum Gasteiger partial charge on any atom is 0.168 e. The molecule has 1 atom stereocenters. The van der Waals surface area contributed by atoms with Crippen LogP contribution in [0.15, 0.2) is 11.1 Å². The molecule has 6 heteroatoms. The highest BCUT2D eigenvalue weighted by molar-refractivity contribution is 7.99. The standard InChI is InChI=1S/C10H14F2N2OS/c1-3-13-9-7(11)4-8(12)10(14-9)16-6(2)5-15/h4,6,15H,3,5H2,1-2H3,(H,13,14). The van der Waals surface area contributed by atoms with E-state index in [0.29, 0.717) is 6.54 Å². The fourth-order valence-electron chi connectivity index (χ4n) is 1.05. The SMILES string of the molecule is CCNc1nc(SC(C)CO)c(F)cc1F. The van der Waals surface area contributed by atoms with Gasteiger partial charge in [0.25, 0.3) is 0 Å². The second kappa shape index (κ2) is 6.00. The lowest BCUT2D eigenvalue weighted by molar-refractivity contribution is 0.300. The molecule has 0 radical (unpaired) electrons. The minimum atomic E-state index is -0.708. The molecule has 0 aromatic carbocycles. The molecule has 0 fully saturated rings. The van der Waals surface area contributed by atoms with Crippen molar-refractivity contribution in [1.29, 1.82) is 0 Å². The summed E-state index contributed by atoms with van der Waals surface area (Å²) >= 11 is 1.08. The first-order chi connectivity index (χ1) is 7.58. The maximum atomic E-state index is 13.3. The Labute approximate surface area is 97.3 Å². The van der Waals surface area contributed by atoms with Crippen molar-refractivity contribution in [2.45, 2.75) is 24.1 Å². The van der Waals surface area contributed by atoms with E-state index in [1.54, 1.807) is 13.8 Å². The number of aliphatic hydroxyl groups excluding tert-OH is 1. The normalized spacial score (nSPS) is 12.6. The highest BCUT2D eigenvalue weighted by Crippen LogP contribution is 2.26. The van der Waals surface area contributed by atoms with Crippen LogP contribution in [0.3, 0.4) is 0 Å². The Hall–Kier alpha value is -0.880. The third kappa shape index (κ3) is 3.31. The smallest absolute Gasteiger partial charge is 0.168 e. The maximum absolute atomic E-state index is 13.3. The predicted octanol–water partition coefficient (Wildman–Crippen LogP) is 2.26. The summed E-state index contributed by atoms with van der Waals surface area (Å²) in [7, 11) is 0. The molecular weight excluding hydrogens is 234 g/mol. The van der Waals surface area contributed by atoms with Crippen molar-refractivity contribution in [2.75, 3.05) is 18.5 Å². The zero-order chi connectivity index (χ0) is 12.1. The van der Waals surface area contributed by atoms with E-state index < -0.39 is 11.6 Å². The van der Waals surface area contributed by atoms with E-state index in [2.05, 4.69) is 10.3 Å². The predicted molar refractivity (Wildman–Crippen MR) is 60.7 cm³/mol. The van der Waals surface area contributed by atoms with Gasteiger partial charge in [0.05, 0.1) is 6.61 Å². The van der Waals surface area contributed by atoms with Gasteiger partial charge in [0.15, 0.2) is 17.5 Å². The van der Waals surface area contributed by atoms with Gasteiger partial charge in [0.2, 0.25) is 0 Å². The van der Waals surface area contributed by atoms with Crippen molar-refractivity contribution in [3.05, 3.63) is 17.7 Å². The number of halogens is 2. The zero-order valence-corrected chi connectivity index (χ0v) is 9.94. The number of hydrogen-bond donors (Lipinski definition) is 2. The highest BCUT2D eigenvalue weighted by Gasteiger charge is 2.14. The van der Waals surface area contributed by atoms with Crippen LogP contribution < -0.4 is 5.32 Å². The second-order valence-corrected chi connectivity index (χ2v) is 4.67. The monoisotopic (exact) mass is 248 g/mol. The summed E-state index contributed by atoms with van der Waals surface area (Å²) in [5.74, 6) is -1.37. The lowest BCUT2D eigenvalue weighted by atomic mass is 10.4. The molecule has 1 aromatic rings. The molecule has 1 heterocycles. The number of pyridine rings is 1. The molecule has 1 rings (SSSR count). The molecule has 0 saturated heterocycles. The van der Waals surface area contributed by atoms with Crippen molar-refractivity contribution in [2.24, 2.45) is 0 Å². The molecule has 0 aliphatic carbocycles. The van der Waals surface area contributed by atoms with Gasteiger partial charge >= 0.3 is 0 Å². The second-order valence-electron chi connectivity index (χ2n) is 3.25. The van der Waals surface area contributed by atoms with Crippen molar-refractivity contribution in [3.63, 3.8) is 0 Å². The van der Waals surface area contributed by atoms with Gasteiger partial charge in [-0.2, -0.15) is 0 Å². The van der Waals surface area contributed by atoms with Gasteiger partial charge in [-0.25, -0.2) is 13.8 Å². The summed E-state index contributed by atoms with van der Waals surface area (Å²) in [5, 5.41) is 11.5. The molecule has 0 bridgehead atoms. The summed E-state index contributed by atoms with van der Waals surface area (Å²) in [4.78, 5) is 3.84. The molecule has 0 spiro atoms. The van der Waals surface area contributed by atoms with Crippen LogP contribution in [0.5, 0.6) is 0 Å². The number of aliphatic hydroxyl groups is 1. The van der Waals surface area contributed by atoms with Gasteiger partial charge in [-0.05, 0) is 6.92 Å². The number of nitrogens with zero attached hydrogens (tertiary/aromatic N) is 1. The molecule has 0 saturated carbocycles. The molecule has 0 aliphatic rings. The van der Waals surface area contributed by atoms with Gasteiger partial charge in [-0.1, -0.05) is 18.7 Å². The van der Waals surface area contributed by atoms with Gasteiger partial charge in [0.1, 0.15) is 5.03 Å². The molecule has 3 nitrogen and oxygen atoms in total. The summed E-state index contributed by atoms with van der Waals surface area (Å²) in [6.45, 7) is 3.96. The van der Waals surface area contributed by atoms with Crippen LogP contribution >= 0.6 is 11.8 Å². The first-order valence-corrected chi connectivity index (χ1v) is 5.83. The van der Waals surface area contributed by atoms with Gasteiger partial charge in [0, 0.05) is 17.9 Å². The van der Waals surface area contributed by atoms with Crippen LogP contribution in [0.1, 0.15) is 13.8 Å². The van der Waals surface area contributed by atoms with Crippen molar-refractivity contribution in [1.82, 2.24) is 4.98 Å². The minimum absolute atomic E-state index is 0.0385. The van der Waals surface area contributed by atoms with Gasteiger partial charge < -0.3 is 10.4 Å². The van der Waals surface area contributed by atoms with E-state index in [9.17, 15) is 8.78 Å². The van der Waals surface area contributed by atoms with Gasteiger partial charge in [-0.15, -0.1) is 0 Å². The third-order valence-corrected chi connectivity index (χ3v) is 2.87. The van der Waals surface area contributed by atoms with Crippen LogP contribution in [0.4, 0.5) is 14.6 Å². The largest absolute Gasteiger partial charge is 0.395 e. The van der Waals surface area contributed by atoms with E-state index in [4.69, 9.17) is 5.11 Å². The number of nitrogens with one attached hydrogen (secondary N) is 1. The first-order valence-electron chi connectivity index (χ1n) is 4.95. The van der Waals surface area contributed by atoms with E-state index in [0.717, 1.165) is 17.8 Å². The van der Waals surface area contributed by atoms with E-state index in [1.165, 1.54) is 0 Å². The average molecular weight is 248 g/mol.